The molecule has 7 heteroatoms. The van der Waals surface area contributed by atoms with Gasteiger partial charge in [-0.3, -0.25) is 9.59 Å². The lowest BCUT2D eigenvalue weighted by Gasteiger charge is -2.25. The van der Waals surface area contributed by atoms with Crippen LogP contribution in [0.25, 0.3) is 0 Å². The molecule has 0 spiro atoms. The summed E-state index contributed by atoms with van der Waals surface area (Å²) in [7, 11) is 5.61. The van der Waals surface area contributed by atoms with Gasteiger partial charge in [0.1, 0.15) is 5.75 Å². The van der Waals surface area contributed by atoms with Crippen molar-refractivity contribution in [3.8, 4) is 5.75 Å². The Kier molecular flexibility index (Phi) is 8.57. The Morgan fingerprint density at radius 3 is 2.21 bits per heavy atom. The summed E-state index contributed by atoms with van der Waals surface area (Å²) in [6.45, 7) is 0.746. The van der Waals surface area contributed by atoms with Crippen LogP contribution < -0.4 is 20.7 Å². The molecule has 1 atom stereocenters. The zero-order valence-corrected chi connectivity index (χ0v) is 19.2. The van der Waals surface area contributed by atoms with E-state index in [0.717, 1.165) is 0 Å². The van der Waals surface area contributed by atoms with E-state index in [-0.39, 0.29) is 24.4 Å². The van der Waals surface area contributed by atoms with Crippen molar-refractivity contribution in [2.24, 2.45) is 0 Å². The SMILES string of the molecule is COc1ccc(NC(=O)c2ccccc2NC(=O)CNC[C@@H](c2ccccc2)N(C)C)cc1. The number of benzene rings is 3. The maximum atomic E-state index is 12.8. The van der Waals surface area contributed by atoms with Gasteiger partial charge in [0.15, 0.2) is 0 Å². The fourth-order valence-corrected chi connectivity index (χ4v) is 3.45. The van der Waals surface area contributed by atoms with Crippen LogP contribution in [0.1, 0.15) is 22.0 Å². The number of likely N-dealkylation sites (N-methyl/N-ethyl adjacent to an activating group) is 1. The van der Waals surface area contributed by atoms with Crippen molar-refractivity contribution in [2.45, 2.75) is 6.04 Å². The summed E-state index contributed by atoms with van der Waals surface area (Å²) in [6, 6.07) is 24.3. The molecule has 0 aromatic heterocycles. The lowest BCUT2D eigenvalue weighted by atomic mass is 10.1. The molecule has 0 aliphatic carbocycles. The Hall–Kier alpha value is -3.68. The second-order valence-electron chi connectivity index (χ2n) is 7.80. The smallest absolute Gasteiger partial charge is 0.257 e. The molecule has 3 rings (SSSR count). The van der Waals surface area contributed by atoms with E-state index >= 15 is 0 Å². The minimum atomic E-state index is -0.305. The van der Waals surface area contributed by atoms with Crippen LogP contribution in [0.15, 0.2) is 78.9 Å². The monoisotopic (exact) mass is 446 g/mol. The summed E-state index contributed by atoms with van der Waals surface area (Å²) in [6.07, 6.45) is 0. The van der Waals surface area contributed by atoms with E-state index in [0.29, 0.717) is 29.2 Å². The molecule has 0 saturated heterocycles. The highest BCUT2D eigenvalue weighted by molar-refractivity contribution is 6.10. The van der Waals surface area contributed by atoms with E-state index in [2.05, 4.69) is 33.0 Å². The number of rotatable bonds is 10. The van der Waals surface area contributed by atoms with Crippen LogP contribution in [0.5, 0.6) is 5.75 Å². The number of amides is 2. The number of hydrogen-bond donors (Lipinski definition) is 3. The topological polar surface area (TPSA) is 82.7 Å². The van der Waals surface area contributed by atoms with Crippen LogP contribution in [0, 0.1) is 0 Å². The minimum Gasteiger partial charge on any atom is -0.497 e. The number of hydrogen-bond acceptors (Lipinski definition) is 5. The fraction of sp³-hybridized carbons (Fsp3) is 0.231. The van der Waals surface area contributed by atoms with Crippen molar-refractivity contribution >= 4 is 23.2 Å². The largest absolute Gasteiger partial charge is 0.497 e. The molecule has 3 aromatic carbocycles. The Morgan fingerprint density at radius 2 is 1.55 bits per heavy atom. The van der Waals surface area contributed by atoms with Crippen LogP contribution >= 0.6 is 0 Å². The predicted molar refractivity (Wildman–Crippen MR) is 132 cm³/mol. The molecule has 3 aromatic rings. The molecule has 172 valence electrons. The van der Waals surface area contributed by atoms with Crippen LogP contribution in [0.3, 0.4) is 0 Å². The van der Waals surface area contributed by atoms with Gasteiger partial charge in [0.2, 0.25) is 5.91 Å². The second kappa shape index (κ2) is 11.8. The average molecular weight is 447 g/mol. The van der Waals surface area contributed by atoms with E-state index in [1.54, 1.807) is 55.6 Å². The first-order chi connectivity index (χ1) is 16.0. The van der Waals surface area contributed by atoms with Crippen molar-refractivity contribution in [2.75, 3.05) is 44.9 Å². The maximum absolute atomic E-state index is 12.8. The number of nitrogens with one attached hydrogen (secondary N) is 3. The zero-order valence-electron chi connectivity index (χ0n) is 19.2. The first-order valence-corrected chi connectivity index (χ1v) is 10.7. The lowest BCUT2D eigenvalue weighted by molar-refractivity contribution is -0.115. The summed E-state index contributed by atoms with van der Waals surface area (Å²) < 4.78 is 5.14. The molecule has 0 bridgehead atoms. The fourth-order valence-electron chi connectivity index (χ4n) is 3.45. The molecule has 0 unspecified atom stereocenters. The lowest BCUT2D eigenvalue weighted by Crippen LogP contribution is -2.35. The van der Waals surface area contributed by atoms with Crippen molar-refractivity contribution in [3.63, 3.8) is 0 Å². The van der Waals surface area contributed by atoms with E-state index in [1.165, 1.54) is 5.56 Å². The number of nitrogens with zero attached hydrogens (tertiary/aromatic N) is 1. The quantitative estimate of drug-likeness (QED) is 0.442. The zero-order chi connectivity index (χ0) is 23.6. The molecular weight excluding hydrogens is 416 g/mol. The van der Waals surface area contributed by atoms with Crippen LogP contribution in [0.2, 0.25) is 0 Å². The van der Waals surface area contributed by atoms with Gasteiger partial charge in [0, 0.05) is 18.3 Å². The summed E-state index contributed by atoms with van der Waals surface area (Å²) in [4.78, 5) is 27.5. The van der Waals surface area contributed by atoms with Crippen molar-refractivity contribution in [1.82, 2.24) is 10.2 Å². The third-order valence-electron chi connectivity index (χ3n) is 5.22. The number of ether oxygens (including phenoxy) is 1. The van der Waals surface area contributed by atoms with Gasteiger partial charge in [-0.15, -0.1) is 0 Å². The standard InChI is InChI=1S/C26H30N4O3/c1-30(2)24(19-9-5-4-6-10-19)17-27-18-25(31)29-23-12-8-7-11-22(23)26(32)28-20-13-15-21(33-3)16-14-20/h4-16,24,27H,17-18H2,1-3H3,(H,28,32)(H,29,31)/t24-/m0/s1. The molecule has 7 nitrogen and oxygen atoms in total. The number of carbonyl (C=O) groups is 2. The summed E-state index contributed by atoms with van der Waals surface area (Å²) >= 11 is 0. The highest BCUT2D eigenvalue weighted by Gasteiger charge is 2.16. The third kappa shape index (κ3) is 6.90. The number of para-hydroxylation sites is 1. The highest BCUT2D eigenvalue weighted by atomic mass is 16.5. The van der Waals surface area contributed by atoms with Crippen LogP contribution in [-0.2, 0) is 4.79 Å². The normalized spacial score (nSPS) is 11.6. The molecule has 33 heavy (non-hydrogen) atoms. The molecule has 2 amide bonds. The summed E-state index contributed by atoms with van der Waals surface area (Å²) in [5, 5.41) is 8.91. The third-order valence-corrected chi connectivity index (χ3v) is 5.22. The number of carbonyl (C=O) groups excluding carboxylic acids is 2. The van der Waals surface area contributed by atoms with Gasteiger partial charge < -0.3 is 25.6 Å². The molecule has 0 aliphatic rings. The van der Waals surface area contributed by atoms with Gasteiger partial charge in [-0.25, -0.2) is 0 Å². The van der Waals surface area contributed by atoms with Crippen LogP contribution in [0.4, 0.5) is 11.4 Å². The molecule has 0 radical (unpaired) electrons. The van der Waals surface area contributed by atoms with Gasteiger partial charge >= 0.3 is 0 Å². The second-order valence-corrected chi connectivity index (χ2v) is 7.80. The molecular formula is C26H30N4O3. The Labute approximate surface area is 194 Å². The Morgan fingerprint density at radius 1 is 0.879 bits per heavy atom. The van der Waals surface area contributed by atoms with Gasteiger partial charge in [-0.1, -0.05) is 42.5 Å². The van der Waals surface area contributed by atoms with Gasteiger partial charge in [-0.2, -0.15) is 0 Å². The number of methoxy groups -OCH3 is 1. The molecule has 0 heterocycles. The first kappa shape index (κ1) is 24.0. The molecule has 0 saturated carbocycles. The van der Waals surface area contributed by atoms with E-state index in [1.807, 2.05) is 32.3 Å². The Bertz CT molecular complexity index is 1050. The first-order valence-electron chi connectivity index (χ1n) is 10.7. The minimum absolute atomic E-state index is 0.131. The van der Waals surface area contributed by atoms with E-state index < -0.39 is 0 Å². The summed E-state index contributed by atoms with van der Waals surface area (Å²) in [5.41, 5.74) is 2.66. The number of anilines is 2. The van der Waals surface area contributed by atoms with Gasteiger partial charge in [0.05, 0.1) is 24.9 Å². The molecule has 3 N–H and O–H groups in total. The van der Waals surface area contributed by atoms with Gasteiger partial charge in [-0.05, 0) is 56.1 Å². The Balaban J connectivity index is 1.58. The maximum Gasteiger partial charge on any atom is 0.257 e. The van der Waals surface area contributed by atoms with Crippen LogP contribution in [-0.4, -0.2) is 51.0 Å². The predicted octanol–water partition coefficient (Wildman–Crippen LogP) is 3.78. The van der Waals surface area contributed by atoms with Crippen molar-refractivity contribution in [3.05, 3.63) is 90.0 Å². The molecule has 0 fully saturated rings. The highest BCUT2D eigenvalue weighted by Crippen LogP contribution is 2.20. The van der Waals surface area contributed by atoms with Crippen molar-refractivity contribution in [1.29, 1.82) is 0 Å². The van der Waals surface area contributed by atoms with E-state index in [4.69, 9.17) is 4.74 Å². The van der Waals surface area contributed by atoms with E-state index in [9.17, 15) is 9.59 Å². The summed E-state index contributed by atoms with van der Waals surface area (Å²) in [5.74, 6) is 0.183. The average Bonchev–Trinajstić information content (AvgIpc) is 2.83. The van der Waals surface area contributed by atoms with Crippen molar-refractivity contribution < 1.29 is 14.3 Å². The molecule has 0 aliphatic heterocycles. The van der Waals surface area contributed by atoms with Gasteiger partial charge in [0.25, 0.3) is 5.91 Å².